The van der Waals surface area contributed by atoms with Crippen molar-refractivity contribution in [2.45, 2.75) is 0 Å². The van der Waals surface area contributed by atoms with Crippen LogP contribution in [0.5, 0.6) is 0 Å². The molecule has 1 amide bonds. The molecule has 0 aliphatic rings. The minimum absolute atomic E-state index is 0.0815. The first-order valence-corrected chi connectivity index (χ1v) is 8.35. The Kier molecular flexibility index (Phi) is 5.43. The number of rotatable bonds is 4. The van der Waals surface area contributed by atoms with Crippen molar-refractivity contribution in [1.29, 1.82) is 5.26 Å². The lowest BCUT2D eigenvalue weighted by Gasteiger charge is -2.04. The number of nitrogens with zero attached hydrogens (tertiary/aromatic N) is 1. The van der Waals surface area contributed by atoms with Gasteiger partial charge in [-0.1, -0.05) is 29.3 Å². The predicted octanol–water partition coefficient (Wildman–Crippen LogP) is 5.80. The second-order valence-corrected chi connectivity index (χ2v) is 6.22. The molecule has 2 aromatic carbocycles. The number of hydrogen-bond donors (Lipinski definition) is 1. The van der Waals surface area contributed by atoms with Crippen molar-refractivity contribution in [3.8, 4) is 17.4 Å². The van der Waals surface area contributed by atoms with Gasteiger partial charge in [0.2, 0.25) is 0 Å². The molecule has 0 saturated carbocycles. The summed E-state index contributed by atoms with van der Waals surface area (Å²) in [5, 5.41) is 13.0. The van der Waals surface area contributed by atoms with E-state index in [1.165, 1.54) is 6.08 Å². The average molecular weight is 383 g/mol. The fourth-order valence-corrected chi connectivity index (χ4v) is 2.57. The number of carbonyl (C=O) groups is 1. The standard InChI is InChI=1S/C20H12Cl2N2O2/c21-15-6-4-13(5-7-15)19-9-8-18(26-19)10-14(12-23)20(25)24-17-3-1-2-16(22)11-17/h1-11H,(H,24,25)/b14-10+. The fourth-order valence-electron chi connectivity index (χ4n) is 2.26. The second kappa shape index (κ2) is 7.92. The van der Waals surface area contributed by atoms with Crippen molar-refractivity contribution in [2.75, 3.05) is 5.32 Å². The van der Waals surface area contributed by atoms with Gasteiger partial charge < -0.3 is 9.73 Å². The Hall–Kier alpha value is -3.00. The molecule has 1 aromatic heterocycles. The maximum Gasteiger partial charge on any atom is 0.266 e. The highest BCUT2D eigenvalue weighted by molar-refractivity contribution is 6.31. The average Bonchev–Trinajstić information content (AvgIpc) is 3.09. The van der Waals surface area contributed by atoms with E-state index in [1.807, 2.05) is 18.2 Å². The number of amides is 1. The Morgan fingerprint density at radius 1 is 1.04 bits per heavy atom. The Labute approximate surface area is 160 Å². The van der Waals surface area contributed by atoms with Gasteiger partial charge in [-0.25, -0.2) is 0 Å². The highest BCUT2D eigenvalue weighted by Gasteiger charge is 2.12. The van der Waals surface area contributed by atoms with E-state index in [0.29, 0.717) is 27.3 Å². The number of furan rings is 1. The molecule has 0 bridgehead atoms. The van der Waals surface area contributed by atoms with Crippen LogP contribution in [0.2, 0.25) is 10.0 Å². The number of carbonyl (C=O) groups excluding carboxylic acids is 1. The fraction of sp³-hybridized carbons (Fsp3) is 0. The van der Waals surface area contributed by atoms with E-state index in [2.05, 4.69) is 5.32 Å². The largest absolute Gasteiger partial charge is 0.457 e. The lowest BCUT2D eigenvalue weighted by atomic mass is 10.2. The summed E-state index contributed by atoms with van der Waals surface area (Å²) in [5.41, 5.74) is 1.27. The van der Waals surface area contributed by atoms with E-state index in [-0.39, 0.29) is 5.57 Å². The lowest BCUT2D eigenvalue weighted by molar-refractivity contribution is -0.112. The van der Waals surface area contributed by atoms with E-state index >= 15 is 0 Å². The van der Waals surface area contributed by atoms with Gasteiger partial charge in [0.25, 0.3) is 5.91 Å². The van der Waals surface area contributed by atoms with Crippen molar-refractivity contribution < 1.29 is 9.21 Å². The van der Waals surface area contributed by atoms with Gasteiger partial charge >= 0.3 is 0 Å². The number of benzene rings is 2. The molecule has 0 aliphatic heterocycles. The third kappa shape index (κ3) is 4.34. The summed E-state index contributed by atoms with van der Waals surface area (Å²) in [5.74, 6) is 0.465. The van der Waals surface area contributed by atoms with Gasteiger partial charge in [-0.3, -0.25) is 4.79 Å². The van der Waals surface area contributed by atoms with Crippen molar-refractivity contribution in [3.05, 3.63) is 82.0 Å². The molecular formula is C20H12Cl2N2O2. The van der Waals surface area contributed by atoms with Gasteiger partial charge in [-0.2, -0.15) is 5.26 Å². The third-order valence-corrected chi connectivity index (χ3v) is 3.98. The zero-order chi connectivity index (χ0) is 18.5. The minimum Gasteiger partial charge on any atom is -0.457 e. The lowest BCUT2D eigenvalue weighted by Crippen LogP contribution is -2.13. The zero-order valence-corrected chi connectivity index (χ0v) is 14.9. The minimum atomic E-state index is -0.542. The molecule has 4 nitrogen and oxygen atoms in total. The third-order valence-electron chi connectivity index (χ3n) is 3.49. The summed E-state index contributed by atoms with van der Waals surface area (Å²) < 4.78 is 5.69. The van der Waals surface area contributed by atoms with Crippen LogP contribution in [0, 0.1) is 11.3 Å². The van der Waals surface area contributed by atoms with E-state index in [9.17, 15) is 10.1 Å². The van der Waals surface area contributed by atoms with Gasteiger partial charge in [0.05, 0.1) is 0 Å². The molecule has 128 valence electrons. The molecule has 0 atom stereocenters. The van der Waals surface area contributed by atoms with Crippen LogP contribution in [0.15, 0.2) is 70.7 Å². The van der Waals surface area contributed by atoms with Crippen LogP contribution >= 0.6 is 23.2 Å². The molecule has 26 heavy (non-hydrogen) atoms. The van der Waals surface area contributed by atoms with Crippen LogP contribution in [-0.2, 0) is 4.79 Å². The molecule has 0 unspecified atom stereocenters. The van der Waals surface area contributed by atoms with E-state index < -0.39 is 5.91 Å². The topological polar surface area (TPSA) is 66.0 Å². The summed E-state index contributed by atoms with van der Waals surface area (Å²) in [4.78, 5) is 12.3. The first-order valence-electron chi connectivity index (χ1n) is 7.59. The summed E-state index contributed by atoms with van der Waals surface area (Å²) in [6.45, 7) is 0. The maximum absolute atomic E-state index is 12.3. The Morgan fingerprint density at radius 3 is 2.50 bits per heavy atom. The van der Waals surface area contributed by atoms with Crippen molar-refractivity contribution >= 4 is 40.9 Å². The van der Waals surface area contributed by atoms with Crippen molar-refractivity contribution in [2.24, 2.45) is 0 Å². The van der Waals surface area contributed by atoms with Crippen molar-refractivity contribution in [3.63, 3.8) is 0 Å². The predicted molar refractivity (Wildman–Crippen MR) is 103 cm³/mol. The number of nitriles is 1. The highest BCUT2D eigenvalue weighted by atomic mass is 35.5. The van der Waals surface area contributed by atoms with Crippen LogP contribution in [0.4, 0.5) is 5.69 Å². The molecule has 0 saturated heterocycles. The first-order chi connectivity index (χ1) is 12.5. The van der Waals surface area contributed by atoms with Gasteiger partial charge in [0.15, 0.2) is 0 Å². The smallest absolute Gasteiger partial charge is 0.266 e. The van der Waals surface area contributed by atoms with Gasteiger partial charge in [0.1, 0.15) is 23.2 Å². The summed E-state index contributed by atoms with van der Waals surface area (Å²) in [6.07, 6.45) is 1.39. The van der Waals surface area contributed by atoms with Gasteiger partial charge in [-0.05, 0) is 54.6 Å². The molecule has 0 aliphatic carbocycles. The Bertz CT molecular complexity index is 1010. The van der Waals surface area contributed by atoms with Crippen LogP contribution < -0.4 is 5.32 Å². The van der Waals surface area contributed by atoms with Gasteiger partial charge in [-0.15, -0.1) is 0 Å². The Morgan fingerprint density at radius 2 is 1.81 bits per heavy atom. The molecule has 0 radical (unpaired) electrons. The number of halogens is 2. The summed E-state index contributed by atoms with van der Waals surface area (Å²) >= 11 is 11.8. The molecule has 6 heteroatoms. The van der Waals surface area contributed by atoms with Crippen LogP contribution in [0.3, 0.4) is 0 Å². The van der Waals surface area contributed by atoms with E-state index in [4.69, 9.17) is 27.6 Å². The quantitative estimate of drug-likeness (QED) is 0.457. The summed E-state index contributed by atoms with van der Waals surface area (Å²) in [6, 6.07) is 19.2. The second-order valence-electron chi connectivity index (χ2n) is 5.34. The van der Waals surface area contributed by atoms with Gasteiger partial charge in [0, 0.05) is 27.4 Å². The molecule has 1 N–H and O–H groups in total. The highest BCUT2D eigenvalue weighted by Crippen LogP contribution is 2.25. The SMILES string of the molecule is N#C/C(=C\c1ccc(-c2ccc(Cl)cc2)o1)C(=O)Nc1cccc(Cl)c1. The molecular weight excluding hydrogens is 371 g/mol. The first kappa shape index (κ1) is 17.8. The van der Waals surface area contributed by atoms with E-state index in [1.54, 1.807) is 48.5 Å². The van der Waals surface area contributed by atoms with Crippen molar-refractivity contribution in [1.82, 2.24) is 0 Å². The van der Waals surface area contributed by atoms with Crippen LogP contribution in [-0.4, -0.2) is 5.91 Å². The molecule has 0 fully saturated rings. The number of anilines is 1. The molecule has 3 aromatic rings. The maximum atomic E-state index is 12.3. The zero-order valence-electron chi connectivity index (χ0n) is 13.4. The number of hydrogen-bond acceptors (Lipinski definition) is 3. The normalized spacial score (nSPS) is 11.0. The Balaban J connectivity index is 1.80. The van der Waals surface area contributed by atoms with E-state index in [0.717, 1.165) is 5.56 Å². The van der Waals surface area contributed by atoms with Crippen LogP contribution in [0.1, 0.15) is 5.76 Å². The molecule has 1 heterocycles. The summed E-state index contributed by atoms with van der Waals surface area (Å²) in [7, 11) is 0. The number of nitrogens with one attached hydrogen (secondary N) is 1. The molecule has 3 rings (SSSR count). The monoisotopic (exact) mass is 382 g/mol. The van der Waals surface area contributed by atoms with Crippen LogP contribution in [0.25, 0.3) is 17.4 Å². The molecule has 0 spiro atoms.